The maximum atomic E-state index is 12.1. The third-order valence-corrected chi connectivity index (χ3v) is 6.74. The van der Waals surface area contributed by atoms with Gasteiger partial charge in [0.25, 0.3) is 0 Å². The van der Waals surface area contributed by atoms with Crippen LogP contribution in [0.25, 0.3) is 11.1 Å². The van der Waals surface area contributed by atoms with Crippen molar-refractivity contribution in [2.24, 2.45) is 5.92 Å². The van der Waals surface area contributed by atoms with Gasteiger partial charge in [0.1, 0.15) is 5.78 Å². The molecule has 1 heterocycles. The smallest absolute Gasteiger partial charge is 0.335 e. The molecule has 1 aromatic carbocycles. The molecule has 1 unspecified atom stereocenters. The van der Waals surface area contributed by atoms with E-state index in [0.717, 1.165) is 17.5 Å². The van der Waals surface area contributed by atoms with Crippen molar-refractivity contribution in [3.8, 4) is 11.1 Å². The second kappa shape index (κ2) is 12.1. The van der Waals surface area contributed by atoms with Crippen molar-refractivity contribution in [3.05, 3.63) is 46.2 Å². The second-order valence-electron chi connectivity index (χ2n) is 8.17. The monoisotopic (exact) mass is 443 g/mol. The minimum atomic E-state index is -0.573. The quantitative estimate of drug-likeness (QED) is 0.479. The zero-order valence-corrected chi connectivity index (χ0v) is 19.3. The van der Waals surface area contributed by atoms with E-state index in [-0.39, 0.29) is 5.97 Å². The molecule has 2 aromatic rings. The zero-order valence-electron chi connectivity index (χ0n) is 18.5. The number of carbonyl (C=O) groups is 2. The van der Waals surface area contributed by atoms with Crippen LogP contribution in [-0.2, 0) is 32.0 Å². The first kappa shape index (κ1) is 23.6. The molecule has 0 saturated heterocycles. The fourth-order valence-electron chi connectivity index (χ4n) is 4.15. The van der Waals surface area contributed by atoms with E-state index in [2.05, 4.69) is 28.9 Å². The number of benzene rings is 1. The Bertz CT molecular complexity index is 839. The molecule has 1 N–H and O–H groups in total. The lowest BCUT2D eigenvalue weighted by Crippen LogP contribution is -2.28. The minimum Gasteiger partial charge on any atom is -0.467 e. The van der Waals surface area contributed by atoms with Gasteiger partial charge in [0.2, 0.25) is 0 Å². The Balaban J connectivity index is 1.48. The van der Waals surface area contributed by atoms with Crippen LogP contribution in [0.4, 0.5) is 0 Å². The molecule has 5 nitrogen and oxygen atoms in total. The van der Waals surface area contributed by atoms with Gasteiger partial charge in [-0.1, -0.05) is 49.9 Å². The highest BCUT2D eigenvalue weighted by atomic mass is 32.1. The molecule has 0 bridgehead atoms. The summed E-state index contributed by atoms with van der Waals surface area (Å²) in [5.74, 6) is 0.598. The number of hydrogen-bond acceptors (Lipinski definition) is 6. The van der Waals surface area contributed by atoms with Crippen molar-refractivity contribution in [1.82, 2.24) is 5.32 Å². The standard InChI is InChI=1S/C25H33NO4S/c1-3-30-24(25(28)29-2)13-19-8-10-20(11-9-19)21-14-23(31-17-21)16-26-15-22(27)12-18-6-4-5-7-18/h8-11,14,17-18,24,26H,3-7,12-13,15-16H2,1-2H3. The molecular weight excluding hydrogens is 410 g/mol. The van der Waals surface area contributed by atoms with Crippen LogP contribution in [-0.4, -0.2) is 38.1 Å². The number of Topliss-reactive ketones (excluding diaryl/α,β-unsaturated/α-hetero) is 1. The topological polar surface area (TPSA) is 64.6 Å². The summed E-state index contributed by atoms with van der Waals surface area (Å²) in [7, 11) is 1.38. The summed E-state index contributed by atoms with van der Waals surface area (Å²) in [5.41, 5.74) is 3.33. The summed E-state index contributed by atoms with van der Waals surface area (Å²) < 4.78 is 10.3. The van der Waals surface area contributed by atoms with Crippen LogP contribution in [0, 0.1) is 5.92 Å². The van der Waals surface area contributed by atoms with Gasteiger partial charge >= 0.3 is 5.97 Å². The van der Waals surface area contributed by atoms with Gasteiger partial charge in [-0.15, -0.1) is 11.3 Å². The van der Waals surface area contributed by atoms with Gasteiger partial charge in [-0.2, -0.15) is 0 Å². The van der Waals surface area contributed by atoms with Crippen LogP contribution < -0.4 is 5.32 Å². The van der Waals surface area contributed by atoms with Crippen LogP contribution in [0.5, 0.6) is 0 Å². The van der Waals surface area contributed by atoms with Crippen molar-refractivity contribution in [2.45, 2.75) is 58.1 Å². The van der Waals surface area contributed by atoms with Gasteiger partial charge in [-0.25, -0.2) is 4.79 Å². The normalized spacial score (nSPS) is 15.2. The second-order valence-corrected chi connectivity index (χ2v) is 9.16. The molecule has 31 heavy (non-hydrogen) atoms. The predicted molar refractivity (Wildman–Crippen MR) is 124 cm³/mol. The first-order chi connectivity index (χ1) is 15.1. The zero-order chi connectivity index (χ0) is 22.1. The van der Waals surface area contributed by atoms with Crippen molar-refractivity contribution in [3.63, 3.8) is 0 Å². The van der Waals surface area contributed by atoms with E-state index < -0.39 is 6.10 Å². The van der Waals surface area contributed by atoms with Crippen LogP contribution in [0.3, 0.4) is 0 Å². The highest BCUT2D eigenvalue weighted by Gasteiger charge is 2.20. The Morgan fingerprint density at radius 1 is 1.16 bits per heavy atom. The average Bonchev–Trinajstić information content (AvgIpc) is 3.46. The van der Waals surface area contributed by atoms with Crippen LogP contribution in [0.15, 0.2) is 35.7 Å². The highest BCUT2D eigenvalue weighted by molar-refractivity contribution is 7.10. The van der Waals surface area contributed by atoms with Crippen LogP contribution in [0.2, 0.25) is 0 Å². The minimum absolute atomic E-state index is 0.330. The first-order valence-electron chi connectivity index (χ1n) is 11.2. The lowest BCUT2D eigenvalue weighted by Gasteiger charge is -2.14. The molecule has 0 radical (unpaired) electrons. The van der Waals surface area contributed by atoms with Crippen molar-refractivity contribution in [2.75, 3.05) is 20.3 Å². The average molecular weight is 444 g/mol. The fourth-order valence-corrected chi connectivity index (χ4v) is 5.01. The molecule has 3 rings (SSSR count). The van der Waals surface area contributed by atoms with E-state index in [1.54, 1.807) is 11.3 Å². The molecule has 0 amide bonds. The van der Waals surface area contributed by atoms with Gasteiger partial charge in [-0.3, -0.25) is 4.79 Å². The van der Waals surface area contributed by atoms with Crippen molar-refractivity contribution < 1.29 is 19.1 Å². The molecule has 0 aliphatic heterocycles. The Hall–Kier alpha value is -2.02. The maximum absolute atomic E-state index is 12.1. The number of hydrogen-bond donors (Lipinski definition) is 1. The molecule has 6 heteroatoms. The van der Waals surface area contributed by atoms with E-state index in [0.29, 0.717) is 37.8 Å². The molecule has 1 fully saturated rings. The highest BCUT2D eigenvalue weighted by Crippen LogP contribution is 2.28. The summed E-state index contributed by atoms with van der Waals surface area (Å²) in [6.07, 6.45) is 5.65. The number of rotatable bonds is 12. The van der Waals surface area contributed by atoms with E-state index in [4.69, 9.17) is 9.47 Å². The Kier molecular flexibility index (Phi) is 9.25. The molecule has 168 valence electrons. The van der Waals surface area contributed by atoms with Gasteiger partial charge in [-0.05, 0) is 41.0 Å². The summed E-state index contributed by atoms with van der Waals surface area (Å²) in [5, 5.41) is 5.44. The summed E-state index contributed by atoms with van der Waals surface area (Å²) in [6.45, 7) is 3.51. The number of thiophene rings is 1. The van der Waals surface area contributed by atoms with Crippen molar-refractivity contribution >= 4 is 23.1 Å². The molecule has 0 spiro atoms. The van der Waals surface area contributed by atoms with E-state index in [1.165, 1.54) is 43.2 Å². The van der Waals surface area contributed by atoms with Crippen molar-refractivity contribution in [1.29, 1.82) is 0 Å². The predicted octanol–water partition coefficient (Wildman–Crippen LogP) is 4.77. The Labute approximate surface area is 189 Å². The number of ether oxygens (including phenoxy) is 2. The number of carbonyl (C=O) groups excluding carboxylic acids is 2. The van der Waals surface area contributed by atoms with Gasteiger partial charge in [0.05, 0.1) is 13.7 Å². The molecular formula is C25H33NO4S. The third-order valence-electron chi connectivity index (χ3n) is 5.81. The van der Waals surface area contributed by atoms with E-state index in [9.17, 15) is 9.59 Å². The molecule has 1 atom stereocenters. The van der Waals surface area contributed by atoms with Gasteiger partial charge in [0, 0.05) is 30.9 Å². The summed E-state index contributed by atoms with van der Waals surface area (Å²) >= 11 is 1.70. The van der Waals surface area contributed by atoms with Gasteiger partial charge < -0.3 is 14.8 Å². The maximum Gasteiger partial charge on any atom is 0.335 e. The molecule has 1 aliphatic rings. The number of nitrogens with one attached hydrogen (secondary N) is 1. The van der Waals surface area contributed by atoms with Gasteiger partial charge in [0.15, 0.2) is 6.10 Å². The fraction of sp³-hybridized carbons (Fsp3) is 0.520. The SMILES string of the molecule is CCOC(Cc1ccc(-c2csc(CNCC(=O)CC3CCCC3)c2)cc1)C(=O)OC. The molecule has 1 aromatic heterocycles. The summed E-state index contributed by atoms with van der Waals surface area (Å²) in [4.78, 5) is 25.2. The number of methoxy groups -OCH3 is 1. The van der Waals surface area contributed by atoms with E-state index >= 15 is 0 Å². The Morgan fingerprint density at radius 2 is 1.90 bits per heavy atom. The lowest BCUT2D eigenvalue weighted by atomic mass is 10.0. The third kappa shape index (κ3) is 7.27. The lowest BCUT2D eigenvalue weighted by molar-refractivity contribution is -0.153. The van der Waals surface area contributed by atoms with Crippen LogP contribution >= 0.6 is 11.3 Å². The first-order valence-corrected chi connectivity index (χ1v) is 12.1. The van der Waals surface area contributed by atoms with E-state index in [1.807, 2.05) is 19.1 Å². The summed E-state index contributed by atoms with van der Waals surface area (Å²) in [6, 6.07) is 10.4. The number of esters is 1. The van der Waals surface area contributed by atoms with Crippen LogP contribution in [0.1, 0.15) is 49.5 Å². The molecule has 1 aliphatic carbocycles. The Morgan fingerprint density at radius 3 is 2.58 bits per heavy atom. The number of ketones is 1. The largest absolute Gasteiger partial charge is 0.467 e. The molecule has 1 saturated carbocycles.